The van der Waals surface area contributed by atoms with E-state index in [9.17, 15) is 9.59 Å². The molecule has 0 aromatic rings. The molecule has 6 heteroatoms. The topological polar surface area (TPSA) is 72.9 Å². The molecule has 2 heterocycles. The van der Waals surface area contributed by atoms with Gasteiger partial charge in [-0.25, -0.2) is 0 Å². The Bertz CT molecular complexity index is 353. The van der Waals surface area contributed by atoms with Gasteiger partial charge in [0, 0.05) is 32.7 Å². The monoisotopic (exact) mass is 269 g/mol. The molecule has 108 valence electrons. The van der Waals surface area contributed by atoms with E-state index in [-0.39, 0.29) is 17.9 Å². The van der Waals surface area contributed by atoms with Gasteiger partial charge in [-0.1, -0.05) is 0 Å². The van der Waals surface area contributed by atoms with Gasteiger partial charge in [0.25, 0.3) is 0 Å². The third-order valence-corrected chi connectivity index (χ3v) is 4.12. The zero-order valence-corrected chi connectivity index (χ0v) is 11.5. The molecule has 19 heavy (non-hydrogen) atoms. The molecule has 0 aliphatic carbocycles. The molecule has 0 spiro atoms. The lowest BCUT2D eigenvalue weighted by molar-refractivity contribution is -0.140. The van der Waals surface area contributed by atoms with E-state index in [1.165, 1.54) is 0 Å². The van der Waals surface area contributed by atoms with Crippen molar-refractivity contribution in [3.63, 3.8) is 0 Å². The van der Waals surface area contributed by atoms with Gasteiger partial charge in [-0.2, -0.15) is 0 Å². The molecule has 0 bridgehead atoms. The fourth-order valence-electron chi connectivity index (χ4n) is 2.90. The summed E-state index contributed by atoms with van der Waals surface area (Å²) in [5, 5.41) is 12.1. The lowest BCUT2D eigenvalue weighted by Crippen LogP contribution is -2.45. The Balaban J connectivity index is 1.91. The molecular formula is C13H23N3O3. The molecule has 2 saturated heterocycles. The summed E-state index contributed by atoms with van der Waals surface area (Å²) in [6.45, 7) is 6.54. The Kier molecular flexibility index (Phi) is 4.42. The minimum absolute atomic E-state index is 0.0703. The van der Waals surface area contributed by atoms with Crippen LogP contribution < -0.4 is 5.32 Å². The van der Waals surface area contributed by atoms with E-state index in [1.54, 1.807) is 0 Å². The highest BCUT2D eigenvalue weighted by atomic mass is 16.4. The fourth-order valence-corrected chi connectivity index (χ4v) is 2.90. The third kappa shape index (κ3) is 3.45. The van der Waals surface area contributed by atoms with E-state index in [1.807, 2.05) is 16.7 Å². The maximum atomic E-state index is 12.6. The van der Waals surface area contributed by atoms with Crippen molar-refractivity contribution in [2.24, 2.45) is 5.41 Å². The molecule has 0 aromatic heterocycles. The lowest BCUT2D eigenvalue weighted by Gasteiger charge is -2.30. The number of rotatable bonds is 3. The third-order valence-electron chi connectivity index (χ3n) is 4.12. The number of carboxylic acids is 1. The zero-order valence-electron chi connectivity index (χ0n) is 11.5. The maximum absolute atomic E-state index is 12.6. The molecule has 1 atom stereocenters. The second kappa shape index (κ2) is 5.88. The van der Waals surface area contributed by atoms with Gasteiger partial charge in [0.2, 0.25) is 5.91 Å². The number of amides is 1. The van der Waals surface area contributed by atoms with Gasteiger partial charge in [-0.3, -0.25) is 14.5 Å². The summed E-state index contributed by atoms with van der Waals surface area (Å²) in [5.41, 5.74) is -0.276. The zero-order chi connectivity index (χ0) is 13.9. The van der Waals surface area contributed by atoms with Gasteiger partial charge in [0.1, 0.15) is 0 Å². The average Bonchev–Trinajstić information content (AvgIpc) is 2.67. The summed E-state index contributed by atoms with van der Waals surface area (Å²) in [4.78, 5) is 27.1. The summed E-state index contributed by atoms with van der Waals surface area (Å²) < 4.78 is 0. The predicted molar refractivity (Wildman–Crippen MR) is 70.9 cm³/mol. The van der Waals surface area contributed by atoms with Gasteiger partial charge in [0.15, 0.2) is 0 Å². The molecule has 2 N–H and O–H groups in total. The summed E-state index contributed by atoms with van der Waals surface area (Å²) in [7, 11) is 0. The molecular weight excluding hydrogens is 246 g/mol. The standard InChI is InChI=1S/C13H23N3O3/c1-13(3-4-14-10-13)12(19)16-6-2-5-15(7-8-16)9-11(17)18/h14H,2-10H2,1H3,(H,17,18). The van der Waals surface area contributed by atoms with Crippen molar-refractivity contribution < 1.29 is 14.7 Å². The Morgan fingerprint density at radius 3 is 2.68 bits per heavy atom. The Morgan fingerprint density at radius 1 is 1.26 bits per heavy atom. The van der Waals surface area contributed by atoms with Gasteiger partial charge in [-0.15, -0.1) is 0 Å². The molecule has 1 amide bonds. The first-order valence-corrected chi connectivity index (χ1v) is 6.95. The molecule has 2 aliphatic heterocycles. The van der Waals surface area contributed by atoms with Gasteiger partial charge >= 0.3 is 5.97 Å². The first-order chi connectivity index (χ1) is 9.01. The number of aliphatic carboxylic acids is 1. The number of hydrogen-bond acceptors (Lipinski definition) is 4. The number of carbonyl (C=O) groups is 2. The molecule has 0 aromatic carbocycles. The van der Waals surface area contributed by atoms with Crippen molar-refractivity contribution in [3.8, 4) is 0 Å². The van der Waals surface area contributed by atoms with E-state index >= 15 is 0 Å². The molecule has 6 nitrogen and oxygen atoms in total. The van der Waals surface area contributed by atoms with Crippen LogP contribution in [0, 0.1) is 5.41 Å². The summed E-state index contributed by atoms with van der Waals surface area (Å²) >= 11 is 0. The Labute approximate surface area is 113 Å². The van der Waals surface area contributed by atoms with Crippen LogP contribution in [0.1, 0.15) is 19.8 Å². The fraction of sp³-hybridized carbons (Fsp3) is 0.846. The van der Waals surface area contributed by atoms with Gasteiger partial charge < -0.3 is 15.3 Å². The van der Waals surface area contributed by atoms with E-state index in [0.29, 0.717) is 13.1 Å². The maximum Gasteiger partial charge on any atom is 0.317 e. The van der Waals surface area contributed by atoms with Crippen LogP contribution >= 0.6 is 0 Å². The van der Waals surface area contributed by atoms with Crippen molar-refractivity contribution in [2.45, 2.75) is 19.8 Å². The highest BCUT2D eigenvalue weighted by Crippen LogP contribution is 2.27. The van der Waals surface area contributed by atoms with E-state index < -0.39 is 5.97 Å². The molecule has 0 saturated carbocycles. The molecule has 0 radical (unpaired) electrons. The highest BCUT2D eigenvalue weighted by molar-refractivity contribution is 5.83. The normalized spacial score (nSPS) is 29.2. The molecule has 2 aliphatic rings. The van der Waals surface area contributed by atoms with E-state index in [0.717, 1.165) is 39.0 Å². The second-order valence-electron chi connectivity index (χ2n) is 5.80. The number of nitrogens with zero attached hydrogens (tertiary/aromatic N) is 2. The van der Waals surface area contributed by atoms with Crippen LogP contribution in [0.25, 0.3) is 0 Å². The van der Waals surface area contributed by atoms with Crippen molar-refractivity contribution in [3.05, 3.63) is 0 Å². The number of carboxylic acid groups (broad SMARTS) is 1. The van der Waals surface area contributed by atoms with Crippen molar-refractivity contribution >= 4 is 11.9 Å². The lowest BCUT2D eigenvalue weighted by atomic mass is 9.88. The quantitative estimate of drug-likeness (QED) is 0.730. The Morgan fingerprint density at radius 2 is 2.05 bits per heavy atom. The Hall–Kier alpha value is -1.14. The summed E-state index contributed by atoms with van der Waals surface area (Å²) in [6, 6.07) is 0. The van der Waals surface area contributed by atoms with Crippen LogP contribution in [0.2, 0.25) is 0 Å². The van der Waals surface area contributed by atoms with Crippen LogP contribution in [-0.2, 0) is 9.59 Å². The first-order valence-electron chi connectivity index (χ1n) is 6.95. The minimum Gasteiger partial charge on any atom is -0.480 e. The van der Waals surface area contributed by atoms with Crippen molar-refractivity contribution in [1.82, 2.24) is 15.1 Å². The SMILES string of the molecule is CC1(C(=O)N2CCCN(CC(=O)O)CC2)CCNC1. The summed E-state index contributed by atoms with van der Waals surface area (Å²) in [5.74, 6) is -0.582. The van der Waals surface area contributed by atoms with Crippen LogP contribution in [0.3, 0.4) is 0 Å². The van der Waals surface area contributed by atoms with Gasteiger partial charge in [-0.05, 0) is 26.3 Å². The van der Waals surface area contributed by atoms with Crippen LogP contribution in [0.15, 0.2) is 0 Å². The van der Waals surface area contributed by atoms with Crippen molar-refractivity contribution in [1.29, 1.82) is 0 Å². The predicted octanol–water partition coefficient (Wildman–Crippen LogP) is -0.395. The molecule has 1 unspecified atom stereocenters. The highest BCUT2D eigenvalue weighted by Gasteiger charge is 2.39. The average molecular weight is 269 g/mol. The number of carbonyl (C=O) groups excluding carboxylic acids is 1. The number of hydrogen-bond donors (Lipinski definition) is 2. The smallest absolute Gasteiger partial charge is 0.317 e. The van der Waals surface area contributed by atoms with Crippen molar-refractivity contribution in [2.75, 3.05) is 45.8 Å². The first kappa shape index (κ1) is 14.3. The van der Waals surface area contributed by atoms with Crippen LogP contribution in [0.4, 0.5) is 0 Å². The second-order valence-corrected chi connectivity index (χ2v) is 5.80. The largest absolute Gasteiger partial charge is 0.480 e. The molecule has 2 rings (SSSR count). The summed E-state index contributed by atoms with van der Waals surface area (Å²) in [6.07, 6.45) is 1.74. The van der Waals surface area contributed by atoms with Crippen LogP contribution in [-0.4, -0.2) is 72.6 Å². The van der Waals surface area contributed by atoms with E-state index in [4.69, 9.17) is 5.11 Å². The number of nitrogens with one attached hydrogen (secondary N) is 1. The van der Waals surface area contributed by atoms with Crippen LogP contribution in [0.5, 0.6) is 0 Å². The van der Waals surface area contributed by atoms with Gasteiger partial charge in [0.05, 0.1) is 12.0 Å². The molecule has 2 fully saturated rings. The minimum atomic E-state index is -0.799. The van der Waals surface area contributed by atoms with E-state index in [2.05, 4.69) is 5.32 Å².